The molecule has 0 aliphatic carbocycles. The van der Waals surface area contributed by atoms with Gasteiger partial charge < -0.3 is 5.32 Å². The quantitative estimate of drug-likeness (QED) is 0.796. The molecule has 2 amide bonds. The number of nitrogens with one attached hydrogen (secondary N) is 1. The SMILES string of the molecule is CCCc1ccc(NC(=O)N(C)OC)cc1. The van der Waals surface area contributed by atoms with Crippen LogP contribution in [0.25, 0.3) is 0 Å². The van der Waals surface area contributed by atoms with Gasteiger partial charge in [0.25, 0.3) is 0 Å². The van der Waals surface area contributed by atoms with E-state index in [2.05, 4.69) is 12.2 Å². The number of urea groups is 1. The molecule has 0 saturated heterocycles. The van der Waals surface area contributed by atoms with Gasteiger partial charge in [-0.2, -0.15) is 0 Å². The minimum Gasteiger partial charge on any atom is -0.306 e. The third-order valence-electron chi connectivity index (χ3n) is 2.30. The lowest BCUT2D eigenvalue weighted by atomic mass is 10.1. The first-order valence-corrected chi connectivity index (χ1v) is 5.35. The fourth-order valence-electron chi connectivity index (χ4n) is 1.33. The van der Waals surface area contributed by atoms with Gasteiger partial charge in [0.15, 0.2) is 0 Å². The molecule has 0 atom stereocenters. The van der Waals surface area contributed by atoms with Crippen molar-refractivity contribution in [2.45, 2.75) is 19.8 Å². The lowest BCUT2D eigenvalue weighted by Gasteiger charge is -2.14. The molecular formula is C12H18N2O2. The summed E-state index contributed by atoms with van der Waals surface area (Å²) in [5.74, 6) is 0. The average molecular weight is 222 g/mol. The number of amides is 2. The molecule has 0 aliphatic heterocycles. The van der Waals surface area contributed by atoms with Gasteiger partial charge in [-0.05, 0) is 24.1 Å². The summed E-state index contributed by atoms with van der Waals surface area (Å²) in [6.45, 7) is 2.14. The number of hydroxylamine groups is 2. The van der Waals surface area contributed by atoms with Gasteiger partial charge in [0.2, 0.25) is 0 Å². The third-order valence-corrected chi connectivity index (χ3v) is 2.30. The molecule has 88 valence electrons. The molecule has 0 radical (unpaired) electrons. The Hall–Kier alpha value is -1.55. The van der Waals surface area contributed by atoms with Gasteiger partial charge >= 0.3 is 6.03 Å². The highest BCUT2D eigenvalue weighted by atomic mass is 16.7. The molecule has 1 rings (SSSR count). The summed E-state index contributed by atoms with van der Waals surface area (Å²) in [6.07, 6.45) is 2.18. The van der Waals surface area contributed by atoms with E-state index in [1.165, 1.54) is 12.7 Å². The zero-order valence-corrected chi connectivity index (χ0v) is 9.99. The first-order chi connectivity index (χ1) is 7.67. The van der Waals surface area contributed by atoms with Crippen LogP contribution < -0.4 is 5.32 Å². The first kappa shape index (κ1) is 12.5. The molecule has 16 heavy (non-hydrogen) atoms. The van der Waals surface area contributed by atoms with E-state index in [1.807, 2.05) is 24.3 Å². The van der Waals surface area contributed by atoms with E-state index in [9.17, 15) is 4.79 Å². The van der Waals surface area contributed by atoms with Crippen LogP contribution in [0.15, 0.2) is 24.3 Å². The van der Waals surface area contributed by atoms with Crippen molar-refractivity contribution in [1.29, 1.82) is 0 Å². The van der Waals surface area contributed by atoms with Crippen molar-refractivity contribution in [3.8, 4) is 0 Å². The van der Waals surface area contributed by atoms with Crippen molar-refractivity contribution < 1.29 is 9.63 Å². The van der Waals surface area contributed by atoms with Crippen LogP contribution in [0.2, 0.25) is 0 Å². The molecule has 0 fully saturated rings. The summed E-state index contributed by atoms with van der Waals surface area (Å²) >= 11 is 0. The van der Waals surface area contributed by atoms with E-state index in [0.717, 1.165) is 23.6 Å². The Morgan fingerprint density at radius 3 is 2.50 bits per heavy atom. The zero-order chi connectivity index (χ0) is 12.0. The summed E-state index contributed by atoms with van der Waals surface area (Å²) in [5.41, 5.74) is 2.05. The minimum atomic E-state index is -0.286. The fraction of sp³-hybridized carbons (Fsp3) is 0.417. The van der Waals surface area contributed by atoms with Crippen molar-refractivity contribution in [3.05, 3.63) is 29.8 Å². The monoisotopic (exact) mass is 222 g/mol. The Morgan fingerprint density at radius 1 is 1.38 bits per heavy atom. The van der Waals surface area contributed by atoms with Crippen LogP contribution in [0.4, 0.5) is 10.5 Å². The van der Waals surface area contributed by atoms with E-state index in [1.54, 1.807) is 7.05 Å². The number of hydrogen-bond donors (Lipinski definition) is 1. The number of aryl methyl sites for hydroxylation is 1. The molecule has 0 unspecified atom stereocenters. The molecular weight excluding hydrogens is 204 g/mol. The van der Waals surface area contributed by atoms with E-state index in [0.29, 0.717) is 0 Å². The third kappa shape index (κ3) is 3.55. The van der Waals surface area contributed by atoms with Gasteiger partial charge in [-0.1, -0.05) is 25.5 Å². The van der Waals surface area contributed by atoms with E-state index in [-0.39, 0.29) is 6.03 Å². The highest BCUT2D eigenvalue weighted by Crippen LogP contribution is 2.11. The van der Waals surface area contributed by atoms with Gasteiger partial charge in [0.05, 0.1) is 7.11 Å². The van der Waals surface area contributed by atoms with Crippen LogP contribution in [-0.2, 0) is 11.3 Å². The lowest BCUT2D eigenvalue weighted by Crippen LogP contribution is -2.30. The molecule has 0 saturated carbocycles. The summed E-state index contributed by atoms with van der Waals surface area (Å²) in [6, 6.07) is 7.54. The van der Waals surface area contributed by atoms with Crippen molar-refractivity contribution in [2.24, 2.45) is 0 Å². The molecule has 0 bridgehead atoms. The Kier molecular flexibility index (Phi) is 4.79. The molecule has 1 aromatic carbocycles. The maximum absolute atomic E-state index is 11.4. The second kappa shape index (κ2) is 6.12. The van der Waals surface area contributed by atoms with Gasteiger partial charge in [0.1, 0.15) is 0 Å². The molecule has 0 heterocycles. The normalized spacial score (nSPS) is 9.94. The van der Waals surface area contributed by atoms with Crippen LogP contribution in [0, 0.1) is 0 Å². The molecule has 1 N–H and O–H groups in total. The van der Waals surface area contributed by atoms with Crippen LogP contribution in [0.1, 0.15) is 18.9 Å². The lowest BCUT2D eigenvalue weighted by molar-refractivity contribution is -0.0598. The molecule has 0 aromatic heterocycles. The number of carbonyl (C=O) groups excluding carboxylic acids is 1. The highest BCUT2D eigenvalue weighted by Gasteiger charge is 2.06. The summed E-state index contributed by atoms with van der Waals surface area (Å²) in [7, 11) is 3.00. The first-order valence-electron chi connectivity index (χ1n) is 5.35. The summed E-state index contributed by atoms with van der Waals surface area (Å²) in [4.78, 5) is 16.2. The van der Waals surface area contributed by atoms with Crippen molar-refractivity contribution >= 4 is 11.7 Å². The summed E-state index contributed by atoms with van der Waals surface area (Å²) in [5, 5.41) is 3.86. The van der Waals surface area contributed by atoms with E-state index >= 15 is 0 Å². The van der Waals surface area contributed by atoms with Gasteiger partial charge in [-0.25, -0.2) is 9.86 Å². The predicted molar refractivity (Wildman–Crippen MR) is 64.2 cm³/mol. The van der Waals surface area contributed by atoms with Crippen LogP contribution in [0.5, 0.6) is 0 Å². The number of anilines is 1. The number of nitrogens with zero attached hydrogens (tertiary/aromatic N) is 1. The number of rotatable bonds is 4. The maximum Gasteiger partial charge on any atom is 0.345 e. The largest absolute Gasteiger partial charge is 0.345 e. The van der Waals surface area contributed by atoms with Crippen molar-refractivity contribution in [3.63, 3.8) is 0 Å². The highest BCUT2D eigenvalue weighted by molar-refractivity contribution is 5.88. The molecule has 0 aliphatic rings. The van der Waals surface area contributed by atoms with E-state index < -0.39 is 0 Å². The van der Waals surface area contributed by atoms with Crippen LogP contribution in [-0.4, -0.2) is 25.3 Å². The molecule has 1 aromatic rings. The number of hydrogen-bond acceptors (Lipinski definition) is 2. The standard InChI is InChI=1S/C12H18N2O2/c1-4-5-10-6-8-11(9-7-10)13-12(15)14(2)16-3/h6-9H,4-5H2,1-3H3,(H,13,15). The number of carbonyl (C=O) groups is 1. The second-order valence-corrected chi connectivity index (χ2v) is 3.56. The van der Waals surface area contributed by atoms with Crippen molar-refractivity contribution in [2.75, 3.05) is 19.5 Å². The number of benzene rings is 1. The van der Waals surface area contributed by atoms with Gasteiger partial charge in [-0.3, -0.25) is 4.84 Å². The maximum atomic E-state index is 11.4. The Labute approximate surface area is 96.2 Å². The Morgan fingerprint density at radius 2 is 2.00 bits per heavy atom. The van der Waals surface area contributed by atoms with Crippen LogP contribution >= 0.6 is 0 Å². The Bertz CT molecular complexity index is 335. The summed E-state index contributed by atoms with van der Waals surface area (Å²) < 4.78 is 0. The minimum absolute atomic E-state index is 0.286. The predicted octanol–water partition coefficient (Wildman–Crippen LogP) is 2.66. The molecule has 4 heteroatoms. The molecule has 0 spiro atoms. The average Bonchev–Trinajstić information content (AvgIpc) is 2.31. The molecule has 4 nitrogen and oxygen atoms in total. The fourth-order valence-corrected chi connectivity index (χ4v) is 1.33. The van der Waals surface area contributed by atoms with Crippen molar-refractivity contribution in [1.82, 2.24) is 5.06 Å². The van der Waals surface area contributed by atoms with Gasteiger partial charge in [-0.15, -0.1) is 0 Å². The second-order valence-electron chi connectivity index (χ2n) is 3.56. The van der Waals surface area contributed by atoms with E-state index in [4.69, 9.17) is 4.84 Å². The van der Waals surface area contributed by atoms with Gasteiger partial charge in [0, 0.05) is 12.7 Å². The Balaban J connectivity index is 2.58. The zero-order valence-electron chi connectivity index (χ0n) is 9.99. The van der Waals surface area contributed by atoms with Crippen LogP contribution in [0.3, 0.4) is 0 Å². The topological polar surface area (TPSA) is 41.6 Å². The smallest absolute Gasteiger partial charge is 0.306 e.